The first kappa shape index (κ1) is 14.2. The van der Waals surface area contributed by atoms with Crippen molar-refractivity contribution in [3.8, 4) is 11.4 Å². The summed E-state index contributed by atoms with van der Waals surface area (Å²) in [7, 11) is 0. The van der Waals surface area contributed by atoms with Crippen molar-refractivity contribution < 1.29 is 0 Å². The molecule has 2 rings (SSSR count). The first-order valence-corrected chi connectivity index (χ1v) is 6.93. The highest BCUT2D eigenvalue weighted by atomic mass is 15.3. The van der Waals surface area contributed by atoms with Crippen molar-refractivity contribution in [3.63, 3.8) is 0 Å². The van der Waals surface area contributed by atoms with Crippen molar-refractivity contribution in [1.29, 1.82) is 0 Å². The Kier molecular flexibility index (Phi) is 4.81. The van der Waals surface area contributed by atoms with Crippen molar-refractivity contribution in [2.24, 2.45) is 0 Å². The van der Waals surface area contributed by atoms with Crippen molar-refractivity contribution in [2.45, 2.75) is 20.8 Å². The lowest BCUT2D eigenvalue weighted by Crippen LogP contribution is -2.25. The standard InChI is InChI=1S/C14H20N6/c1-4-16-13-17-12(11-8-7-9-15-10-11)18-14(19-13)20(5-2)6-3/h7-10H,4-6H2,1-3H3,(H,16,17,18,19). The van der Waals surface area contributed by atoms with Gasteiger partial charge in [0.15, 0.2) is 5.82 Å². The molecule has 0 unspecified atom stereocenters. The minimum atomic E-state index is 0.600. The molecule has 0 radical (unpaired) electrons. The van der Waals surface area contributed by atoms with Gasteiger partial charge in [0.05, 0.1) is 0 Å². The highest BCUT2D eigenvalue weighted by Gasteiger charge is 2.12. The van der Waals surface area contributed by atoms with Crippen LogP contribution in [0.25, 0.3) is 11.4 Å². The fourth-order valence-electron chi connectivity index (χ4n) is 1.87. The topological polar surface area (TPSA) is 66.8 Å². The van der Waals surface area contributed by atoms with E-state index in [2.05, 4.69) is 44.0 Å². The van der Waals surface area contributed by atoms with Gasteiger partial charge < -0.3 is 10.2 Å². The fourth-order valence-corrected chi connectivity index (χ4v) is 1.87. The average Bonchev–Trinajstić information content (AvgIpc) is 2.50. The lowest BCUT2D eigenvalue weighted by atomic mass is 10.3. The van der Waals surface area contributed by atoms with Crippen LogP contribution in [-0.4, -0.2) is 39.6 Å². The molecule has 0 saturated carbocycles. The molecule has 0 aliphatic heterocycles. The van der Waals surface area contributed by atoms with Crippen LogP contribution in [0, 0.1) is 0 Å². The second-order valence-electron chi connectivity index (χ2n) is 4.23. The van der Waals surface area contributed by atoms with Crippen molar-refractivity contribution in [1.82, 2.24) is 19.9 Å². The maximum Gasteiger partial charge on any atom is 0.230 e. The highest BCUT2D eigenvalue weighted by molar-refractivity contribution is 5.57. The molecule has 0 spiro atoms. The van der Waals surface area contributed by atoms with E-state index in [0.717, 1.165) is 25.2 Å². The van der Waals surface area contributed by atoms with Gasteiger partial charge in [0, 0.05) is 37.6 Å². The number of aromatic nitrogens is 4. The number of anilines is 2. The summed E-state index contributed by atoms with van der Waals surface area (Å²) in [5.41, 5.74) is 0.891. The van der Waals surface area contributed by atoms with E-state index in [1.165, 1.54) is 0 Å². The quantitative estimate of drug-likeness (QED) is 0.869. The molecule has 0 saturated heterocycles. The summed E-state index contributed by atoms with van der Waals surface area (Å²) in [4.78, 5) is 19.7. The Morgan fingerprint density at radius 1 is 1.10 bits per heavy atom. The van der Waals surface area contributed by atoms with Gasteiger partial charge >= 0.3 is 0 Å². The lowest BCUT2D eigenvalue weighted by Gasteiger charge is -2.19. The van der Waals surface area contributed by atoms with Crippen LogP contribution < -0.4 is 10.2 Å². The van der Waals surface area contributed by atoms with E-state index in [9.17, 15) is 0 Å². The molecule has 0 amide bonds. The Morgan fingerprint density at radius 3 is 2.50 bits per heavy atom. The highest BCUT2D eigenvalue weighted by Crippen LogP contribution is 2.18. The maximum atomic E-state index is 4.55. The third-order valence-corrected chi connectivity index (χ3v) is 2.92. The zero-order valence-electron chi connectivity index (χ0n) is 12.2. The molecule has 0 bridgehead atoms. The van der Waals surface area contributed by atoms with Gasteiger partial charge in [0.2, 0.25) is 11.9 Å². The maximum absolute atomic E-state index is 4.55. The Balaban J connectivity index is 2.46. The van der Waals surface area contributed by atoms with E-state index in [1.807, 2.05) is 19.1 Å². The van der Waals surface area contributed by atoms with Crippen molar-refractivity contribution in [3.05, 3.63) is 24.5 Å². The summed E-state index contributed by atoms with van der Waals surface area (Å²) in [5, 5.41) is 3.15. The van der Waals surface area contributed by atoms with Crippen LogP contribution >= 0.6 is 0 Å². The van der Waals surface area contributed by atoms with Crippen LogP contribution in [0.15, 0.2) is 24.5 Å². The Morgan fingerprint density at radius 2 is 1.90 bits per heavy atom. The molecule has 6 nitrogen and oxygen atoms in total. The molecule has 2 aromatic rings. The SMILES string of the molecule is CCNc1nc(-c2cccnc2)nc(N(CC)CC)n1. The molecule has 6 heteroatoms. The molecule has 2 aromatic heterocycles. The minimum Gasteiger partial charge on any atom is -0.354 e. The molecule has 0 aliphatic rings. The number of nitrogens with one attached hydrogen (secondary N) is 1. The largest absolute Gasteiger partial charge is 0.354 e. The normalized spacial score (nSPS) is 10.3. The molecule has 20 heavy (non-hydrogen) atoms. The zero-order chi connectivity index (χ0) is 14.4. The van der Waals surface area contributed by atoms with Crippen molar-refractivity contribution >= 4 is 11.9 Å². The van der Waals surface area contributed by atoms with Gasteiger partial charge in [-0.25, -0.2) is 0 Å². The first-order valence-electron chi connectivity index (χ1n) is 6.93. The van der Waals surface area contributed by atoms with Gasteiger partial charge in [-0.05, 0) is 32.9 Å². The van der Waals surface area contributed by atoms with Gasteiger partial charge in [0.1, 0.15) is 0 Å². The van der Waals surface area contributed by atoms with Crippen LogP contribution in [-0.2, 0) is 0 Å². The molecule has 1 N–H and O–H groups in total. The molecule has 106 valence electrons. The van der Waals surface area contributed by atoms with E-state index in [1.54, 1.807) is 12.4 Å². The van der Waals surface area contributed by atoms with Gasteiger partial charge in [0.25, 0.3) is 0 Å². The van der Waals surface area contributed by atoms with E-state index in [-0.39, 0.29) is 0 Å². The van der Waals surface area contributed by atoms with E-state index in [0.29, 0.717) is 17.7 Å². The minimum absolute atomic E-state index is 0.600. The number of hydrogen-bond acceptors (Lipinski definition) is 6. The van der Waals surface area contributed by atoms with Gasteiger partial charge in [-0.2, -0.15) is 15.0 Å². The third kappa shape index (κ3) is 3.20. The Hall–Kier alpha value is -2.24. The zero-order valence-corrected chi connectivity index (χ0v) is 12.2. The average molecular weight is 272 g/mol. The summed E-state index contributed by atoms with van der Waals surface area (Å²) in [6.45, 7) is 8.68. The molecule has 0 aliphatic carbocycles. The molecular weight excluding hydrogens is 252 g/mol. The Labute approximate surface area is 119 Å². The summed E-state index contributed by atoms with van der Waals surface area (Å²) in [5.74, 6) is 1.94. The van der Waals surface area contributed by atoms with Crippen LogP contribution in [0.1, 0.15) is 20.8 Å². The van der Waals surface area contributed by atoms with E-state index < -0.39 is 0 Å². The monoisotopic (exact) mass is 272 g/mol. The molecule has 2 heterocycles. The molecular formula is C14H20N6. The second kappa shape index (κ2) is 6.79. The second-order valence-corrected chi connectivity index (χ2v) is 4.23. The fraction of sp³-hybridized carbons (Fsp3) is 0.429. The summed E-state index contributed by atoms with van der Waals surface area (Å²) in [6.07, 6.45) is 3.50. The summed E-state index contributed by atoms with van der Waals surface area (Å²) >= 11 is 0. The van der Waals surface area contributed by atoms with Gasteiger partial charge in [-0.3, -0.25) is 4.98 Å². The van der Waals surface area contributed by atoms with E-state index >= 15 is 0 Å². The lowest BCUT2D eigenvalue weighted by molar-refractivity contribution is 0.813. The van der Waals surface area contributed by atoms with E-state index in [4.69, 9.17) is 0 Å². The number of hydrogen-bond donors (Lipinski definition) is 1. The third-order valence-electron chi connectivity index (χ3n) is 2.92. The summed E-state index contributed by atoms with van der Waals surface area (Å²) in [6, 6.07) is 3.83. The number of rotatable bonds is 6. The predicted octanol–water partition coefficient (Wildman–Crippen LogP) is 2.21. The number of pyridine rings is 1. The van der Waals surface area contributed by atoms with Gasteiger partial charge in [-0.1, -0.05) is 0 Å². The number of nitrogens with zero attached hydrogens (tertiary/aromatic N) is 5. The van der Waals surface area contributed by atoms with Crippen LogP contribution in [0.4, 0.5) is 11.9 Å². The van der Waals surface area contributed by atoms with Crippen LogP contribution in [0.2, 0.25) is 0 Å². The molecule has 0 fully saturated rings. The van der Waals surface area contributed by atoms with Crippen molar-refractivity contribution in [2.75, 3.05) is 29.9 Å². The van der Waals surface area contributed by atoms with Gasteiger partial charge in [-0.15, -0.1) is 0 Å². The summed E-state index contributed by atoms with van der Waals surface area (Å²) < 4.78 is 0. The molecule has 0 aromatic carbocycles. The van der Waals surface area contributed by atoms with Crippen LogP contribution in [0.3, 0.4) is 0 Å². The predicted molar refractivity (Wildman–Crippen MR) is 80.8 cm³/mol. The molecule has 0 atom stereocenters. The Bertz CT molecular complexity index is 539. The first-order chi connectivity index (χ1) is 9.78. The smallest absolute Gasteiger partial charge is 0.230 e. The van der Waals surface area contributed by atoms with Crippen LogP contribution in [0.5, 0.6) is 0 Å².